The van der Waals surface area contributed by atoms with Gasteiger partial charge in [0.25, 0.3) is 17.7 Å². The summed E-state index contributed by atoms with van der Waals surface area (Å²) in [5, 5.41) is 5.12. The van der Waals surface area contributed by atoms with Crippen molar-refractivity contribution < 1.29 is 28.3 Å². The minimum Gasteiger partial charge on any atom is -0.483 e. The van der Waals surface area contributed by atoms with Gasteiger partial charge < -0.3 is 10.1 Å². The van der Waals surface area contributed by atoms with Gasteiger partial charge in [-0.25, -0.2) is 14.1 Å². The van der Waals surface area contributed by atoms with Gasteiger partial charge in [0.15, 0.2) is 6.61 Å². The highest BCUT2D eigenvalue weighted by molar-refractivity contribution is 6.39. The number of carbonyl (C=O) groups is 4. The molecule has 2 N–H and O–H groups in total. The van der Waals surface area contributed by atoms with E-state index in [1.54, 1.807) is 24.3 Å². The van der Waals surface area contributed by atoms with Crippen molar-refractivity contribution in [2.75, 3.05) is 16.8 Å². The van der Waals surface area contributed by atoms with Gasteiger partial charge in [-0.1, -0.05) is 29.8 Å². The van der Waals surface area contributed by atoms with Crippen molar-refractivity contribution in [3.05, 3.63) is 94.8 Å². The Kier molecular flexibility index (Phi) is 6.88. The maximum Gasteiger partial charge on any atom is 0.335 e. The molecule has 0 unspecified atom stereocenters. The fourth-order valence-corrected chi connectivity index (χ4v) is 3.37. The molecule has 3 aromatic rings. The summed E-state index contributed by atoms with van der Waals surface area (Å²) in [7, 11) is 0. The molecule has 10 heteroatoms. The molecule has 0 spiro atoms. The van der Waals surface area contributed by atoms with Gasteiger partial charge in [0.1, 0.15) is 17.1 Å². The number of carbonyl (C=O) groups excluding carboxylic acids is 4. The number of urea groups is 1. The summed E-state index contributed by atoms with van der Waals surface area (Å²) in [6.45, 7) is -0.382. The number of rotatable bonds is 6. The molecule has 5 amide bonds. The van der Waals surface area contributed by atoms with Crippen molar-refractivity contribution in [1.82, 2.24) is 5.32 Å². The van der Waals surface area contributed by atoms with Crippen molar-refractivity contribution in [3.63, 3.8) is 0 Å². The van der Waals surface area contributed by atoms with Gasteiger partial charge in [-0.05, 0) is 60.7 Å². The van der Waals surface area contributed by atoms with E-state index in [4.69, 9.17) is 16.3 Å². The second-order valence-corrected chi connectivity index (χ2v) is 7.75. The molecular weight excluding hydrogens is 477 g/mol. The summed E-state index contributed by atoms with van der Waals surface area (Å²) >= 11 is 5.88. The van der Waals surface area contributed by atoms with E-state index in [2.05, 4.69) is 10.6 Å². The van der Waals surface area contributed by atoms with E-state index in [9.17, 15) is 23.6 Å². The Morgan fingerprint density at radius 2 is 1.69 bits per heavy atom. The predicted molar refractivity (Wildman–Crippen MR) is 127 cm³/mol. The van der Waals surface area contributed by atoms with Crippen LogP contribution in [0.3, 0.4) is 0 Å². The second kappa shape index (κ2) is 10.2. The monoisotopic (exact) mass is 493 g/mol. The van der Waals surface area contributed by atoms with Crippen LogP contribution in [0.2, 0.25) is 5.02 Å². The third-order valence-corrected chi connectivity index (χ3v) is 5.14. The Balaban J connectivity index is 1.53. The topological polar surface area (TPSA) is 105 Å². The van der Waals surface area contributed by atoms with E-state index in [-0.39, 0.29) is 23.6 Å². The zero-order valence-electron chi connectivity index (χ0n) is 18.0. The standard InChI is InChI=1S/C25H17ClFN3O5/c26-16-5-11-19(12-6-16)30-24(33)20(23(32)29-25(30)34)13-15-3-1-2-4-21(15)35-14-22(31)28-18-9-7-17(27)8-10-18/h1-13H,14H2,(H,28,31)(H,29,32,34)/b20-13+. The number of benzene rings is 3. The van der Waals surface area contributed by atoms with Crippen LogP contribution in [0.5, 0.6) is 5.75 Å². The Labute approximate surface area is 203 Å². The largest absolute Gasteiger partial charge is 0.483 e. The molecule has 0 bridgehead atoms. The third-order valence-electron chi connectivity index (χ3n) is 4.89. The lowest BCUT2D eigenvalue weighted by molar-refractivity contribution is -0.122. The van der Waals surface area contributed by atoms with Crippen molar-refractivity contribution in [3.8, 4) is 5.75 Å². The number of hydrogen-bond donors (Lipinski definition) is 2. The maximum absolute atomic E-state index is 13.1. The van der Waals surface area contributed by atoms with E-state index < -0.39 is 29.6 Å². The highest BCUT2D eigenvalue weighted by Crippen LogP contribution is 2.26. The summed E-state index contributed by atoms with van der Waals surface area (Å²) in [6, 6.07) is 16.8. The molecule has 1 aliphatic rings. The fraction of sp³-hybridized carbons (Fsp3) is 0.0400. The average molecular weight is 494 g/mol. The van der Waals surface area contributed by atoms with Crippen LogP contribution >= 0.6 is 11.6 Å². The number of nitrogens with one attached hydrogen (secondary N) is 2. The Hall–Kier alpha value is -4.50. The quantitative estimate of drug-likeness (QED) is 0.396. The molecule has 4 rings (SSSR count). The summed E-state index contributed by atoms with van der Waals surface area (Å²) in [5.74, 6) is -2.40. The predicted octanol–water partition coefficient (Wildman–Crippen LogP) is 4.16. The van der Waals surface area contributed by atoms with Gasteiger partial charge in [0, 0.05) is 16.3 Å². The molecule has 1 fully saturated rings. The smallest absolute Gasteiger partial charge is 0.335 e. The number of nitrogens with zero attached hydrogens (tertiary/aromatic N) is 1. The molecule has 1 saturated heterocycles. The van der Waals surface area contributed by atoms with E-state index >= 15 is 0 Å². The first-order valence-electron chi connectivity index (χ1n) is 10.3. The molecule has 0 atom stereocenters. The van der Waals surface area contributed by atoms with E-state index in [0.29, 0.717) is 16.3 Å². The SMILES string of the molecule is O=C(COc1ccccc1/C=C1\C(=O)NC(=O)N(c2ccc(Cl)cc2)C1=O)Nc1ccc(F)cc1. The highest BCUT2D eigenvalue weighted by atomic mass is 35.5. The zero-order chi connectivity index (χ0) is 24.9. The molecule has 176 valence electrons. The zero-order valence-corrected chi connectivity index (χ0v) is 18.7. The third kappa shape index (κ3) is 5.53. The van der Waals surface area contributed by atoms with Crippen LogP contribution in [0.15, 0.2) is 78.4 Å². The number of anilines is 2. The van der Waals surface area contributed by atoms with Crippen LogP contribution in [0.1, 0.15) is 5.56 Å². The normalized spacial score (nSPS) is 14.6. The first kappa shape index (κ1) is 23.7. The van der Waals surface area contributed by atoms with Gasteiger partial charge in [0.2, 0.25) is 0 Å². The summed E-state index contributed by atoms with van der Waals surface area (Å²) < 4.78 is 18.6. The summed E-state index contributed by atoms with van der Waals surface area (Å²) in [4.78, 5) is 50.9. The van der Waals surface area contributed by atoms with Crippen LogP contribution in [0, 0.1) is 5.82 Å². The first-order chi connectivity index (χ1) is 16.8. The molecule has 0 saturated carbocycles. The number of hydrogen-bond acceptors (Lipinski definition) is 5. The molecule has 35 heavy (non-hydrogen) atoms. The van der Waals surface area contributed by atoms with Crippen LogP contribution in [-0.2, 0) is 14.4 Å². The molecule has 0 aromatic heterocycles. The van der Waals surface area contributed by atoms with Crippen LogP contribution in [0.25, 0.3) is 6.08 Å². The van der Waals surface area contributed by atoms with Crippen molar-refractivity contribution in [1.29, 1.82) is 0 Å². The Morgan fingerprint density at radius 3 is 2.40 bits per heavy atom. The lowest BCUT2D eigenvalue weighted by Crippen LogP contribution is -2.54. The minimum absolute atomic E-state index is 0.227. The number of imide groups is 2. The van der Waals surface area contributed by atoms with Gasteiger partial charge in [0.05, 0.1) is 5.69 Å². The van der Waals surface area contributed by atoms with Gasteiger partial charge in [-0.2, -0.15) is 0 Å². The minimum atomic E-state index is -0.888. The van der Waals surface area contributed by atoms with Crippen molar-refractivity contribution >= 4 is 52.8 Å². The number of barbiturate groups is 1. The van der Waals surface area contributed by atoms with Crippen LogP contribution in [-0.4, -0.2) is 30.4 Å². The molecule has 1 heterocycles. The lowest BCUT2D eigenvalue weighted by Gasteiger charge is -2.26. The fourth-order valence-electron chi connectivity index (χ4n) is 3.24. The van der Waals surface area contributed by atoms with Crippen molar-refractivity contribution in [2.45, 2.75) is 0 Å². The molecule has 0 aliphatic carbocycles. The number of amides is 5. The maximum atomic E-state index is 13.1. The molecule has 1 aliphatic heterocycles. The average Bonchev–Trinajstić information content (AvgIpc) is 2.83. The first-order valence-corrected chi connectivity index (χ1v) is 10.6. The number of ether oxygens (including phenoxy) is 1. The molecule has 3 aromatic carbocycles. The van der Waals surface area contributed by atoms with E-state index in [1.807, 2.05) is 0 Å². The number of halogens is 2. The Bertz CT molecular complexity index is 1340. The lowest BCUT2D eigenvalue weighted by atomic mass is 10.1. The van der Waals surface area contributed by atoms with Crippen molar-refractivity contribution in [2.24, 2.45) is 0 Å². The van der Waals surface area contributed by atoms with E-state index in [0.717, 1.165) is 4.90 Å². The molecule has 0 radical (unpaired) electrons. The van der Waals surface area contributed by atoms with Crippen LogP contribution < -0.4 is 20.3 Å². The molecular formula is C25H17ClFN3O5. The van der Waals surface area contributed by atoms with Crippen LogP contribution in [0.4, 0.5) is 20.6 Å². The second-order valence-electron chi connectivity index (χ2n) is 7.32. The van der Waals surface area contributed by atoms with Gasteiger partial charge in [-0.15, -0.1) is 0 Å². The Morgan fingerprint density at radius 1 is 1.00 bits per heavy atom. The summed E-state index contributed by atoms with van der Waals surface area (Å²) in [5.41, 5.74) is 0.668. The summed E-state index contributed by atoms with van der Waals surface area (Å²) in [6.07, 6.45) is 1.28. The van der Waals surface area contributed by atoms with Gasteiger partial charge in [-0.3, -0.25) is 19.7 Å². The van der Waals surface area contributed by atoms with Gasteiger partial charge >= 0.3 is 6.03 Å². The number of para-hydroxylation sites is 1. The van der Waals surface area contributed by atoms with E-state index in [1.165, 1.54) is 54.6 Å². The highest BCUT2D eigenvalue weighted by Gasteiger charge is 2.37. The molecule has 8 nitrogen and oxygen atoms in total.